The quantitative estimate of drug-likeness (QED) is 0.668. The minimum atomic E-state index is -0.263. The fourth-order valence-electron chi connectivity index (χ4n) is 1.93. The van der Waals surface area contributed by atoms with Crippen molar-refractivity contribution < 1.29 is 14.3 Å². The third-order valence-electron chi connectivity index (χ3n) is 3.03. The van der Waals surface area contributed by atoms with Gasteiger partial charge in [-0.15, -0.1) is 0 Å². The van der Waals surface area contributed by atoms with Gasteiger partial charge in [-0.3, -0.25) is 9.59 Å². The van der Waals surface area contributed by atoms with Crippen molar-refractivity contribution in [3.63, 3.8) is 0 Å². The molecular weight excluding hydrogens is 334 g/mol. The van der Waals surface area contributed by atoms with Crippen LogP contribution in [0.15, 0.2) is 28.7 Å². The van der Waals surface area contributed by atoms with Gasteiger partial charge in [-0.05, 0) is 31.5 Å². The molecule has 0 aliphatic rings. The van der Waals surface area contributed by atoms with Crippen LogP contribution in [0.2, 0.25) is 0 Å². The van der Waals surface area contributed by atoms with E-state index >= 15 is 0 Å². The molecule has 5 heteroatoms. The number of esters is 1. The molecule has 0 heterocycles. The van der Waals surface area contributed by atoms with E-state index in [1.807, 2.05) is 12.1 Å². The van der Waals surface area contributed by atoms with E-state index in [9.17, 15) is 9.59 Å². The monoisotopic (exact) mass is 355 g/mol. The van der Waals surface area contributed by atoms with Crippen LogP contribution in [0.3, 0.4) is 0 Å². The van der Waals surface area contributed by atoms with Gasteiger partial charge in [0.25, 0.3) is 5.91 Å². The summed E-state index contributed by atoms with van der Waals surface area (Å²) in [5.41, 5.74) is 0.629. The molecule has 0 atom stereocenters. The van der Waals surface area contributed by atoms with Gasteiger partial charge in [0.1, 0.15) is 0 Å². The number of hydrogen-bond donors (Lipinski definition) is 0. The lowest BCUT2D eigenvalue weighted by atomic mass is 10.2. The molecule has 116 valence electrons. The molecule has 21 heavy (non-hydrogen) atoms. The van der Waals surface area contributed by atoms with Crippen LogP contribution < -0.4 is 0 Å². The first-order valence-electron chi connectivity index (χ1n) is 7.29. The van der Waals surface area contributed by atoms with Crippen molar-refractivity contribution in [2.75, 3.05) is 19.7 Å². The molecule has 1 rings (SSSR count). The Balaban J connectivity index is 2.71. The average Bonchev–Trinajstić information content (AvgIpc) is 2.47. The second-order valence-electron chi connectivity index (χ2n) is 4.71. The molecule has 1 amide bonds. The van der Waals surface area contributed by atoms with Gasteiger partial charge in [0.05, 0.1) is 13.0 Å². The first kappa shape index (κ1) is 17.7. The molecule has 0 aromatic heterocycles. The highest BCUT2D eigenvalue weighted by atomic mass is 79.9. The molecular formula is C16H22BrNO3. The average molecular weight is 356 g/mol. The molecule has 0 saturated carbocycles. The topological polar surface area (TPSA) is 46.6 Å². The SMILES string of the molecule is CCCCN(CCC(=O)OCC)C(=O)c1cccc(Br)c1. The zero-order chi connectivity index (χ0) is 15.7. The Labute approximate surface area is 134 Å². The normalized spacial score (nSPS) is 10.2. The van der Waals surface area contributed by atoms with E-state index in [1.165, 1.54) is 0 Å². The van der Waals surface area contributed by atoms with E-state index < -0.39 is 0 Å². The van der Waals surface area contributed by atoms with Gasteiger partial charge in [-0.1, -0.05) is 35.3 Å². The first-order valence-corrected chi connectivity index (χ1v) is 8.08. The number of ether oxygens (including phenoxy) is 1. The largest absolute Gasteiger partial charge is 0.466 e. The van der Waals surface area contributed by atoms with Gasteiger partial charge >= 0.3 is 5.97 Å². The number of halogens is 1. The van der Waals surface area contributed by atoms with E-state index in [4.69, 9.17) is 4.74 Å². The van der Waals surface area contributed by atoms with E-state index in [2.05, 4.69) is 22.9 Å². The molecule has 0 saturated heterocycles. The number of nitrogens with zero attached hydrogens (tertiary/aromatic N) is 1. The molecule has 0 unspecified atom stereocenters. The molecule has 0 spiro atoms. The summed E-state index contributed by atoms with van der Waals surface area (Å²) in [5.74, 6) is -0.310. The third kappa shape index (κ3) is 6.29. The zero-order valence-corrected chi connectivity index (χ0v) is 14.2. The van der Waals surface area contributed by atoms with Crippen molar-refractivity contribution in [2.45, 2.75) is 33.1 Å². The Morgan fingerprint density at radius 1 is 1.24 bits per heavy atom. The second kappa shape index (κ2) is 9.55. The summed E-state index contributed by atoms with van der Waals surface area (Å²) in [6.45, 7) is 5.27. The Morgan fingerprint density at radius 2 is 2.00 bits per heavy atom. The summed E-state index contributed by atoms with van der Waals surface area (Å²) in [4.78, 5) is 25.7. The Hall–Kier alpha value is -1.36. The van der Waals surface area contributed by atoms with E-state index in [-0.39, 0.29) is 18.3 Å². The van der Waals surface area contributed by atoms with Crippen LogP contribution in [0.5, 0.6) is 0 Å². The Morgan fingerprint density at radius 3 is 2.62 bits per heavy atom. The number of carbonyl (C=O) groups is 2. The van der Waals surface area contributed by atoms with E-state index in [1.54, 1.807) is 24.0 Å². The predicted molar refractivity (Wildman–Crippen MR) is 86.2 cm³/mol. The van der Waals surface area contributed by atoms with Crippen LogP contribution in [-0.2, 0) is 9.53 Å². The lowest BCUT2D eigenvalue weighted by Crippen LogP contribution is -2.34. The van der Waals surface area contributed by atoms with Crippen molar-refractivity contribution in [3.05, 3.63) is 34.3 Å². The summed E-state index contributed by atoms with van der Waals surface area (Å²) in [7, 11) is 0. The van der Waals surface area contributed by atoms with Gasteiger partial charge in [0, 0.05) is 23.1 Å². The predicted octanol–water partition coefficient (Wildman–Crippen LogP) is 3.64. The van der Waals surface area contributed by atoms with Gasteiger partial charge in [-0.25, -0.2) is 0 Å². The van der Waals surface area contributed by atoms with E-state index in [0.717, 1.165) is 17.3 Å². The molecule has 4 nitrogen and oxygen atoms in total. The smallest absolute Gasteiger partial charge is 0.307 e. The first-order chi connectivity index (χ1) is 10.1. The lowest BCUT2D eigenvalue weighted by Gasteiger charge is -2.22. The Kier molecular flexibility index (Phi) is 8.05. The van der Waals surface area contributed by atoms with Gasteiger partial charge < -0.3 is 9.64 Å². The number of unbranched alkanes of at least 4 members (excludes halogenated alkanes) is 1. The van der Waals surface area contributed by atoms with Crippen LogP contribution in [0.4, 0.5) is 0 Å². The standard InChI is InChI=1S/C16H22BrNO3/c1-3-5-10-18(11-9-15(19)21-4-2)16(20)13-7-6-8-14(17)12-13/h6-8,12H,3-5,9-11H2,1-2H3. The van der Waals surface area contributed by atoms with Crippen molar-refractivity contribution in [3.8, 4) is 0 Å². The lowest BCUT2D eigenvalue weighted by molar-refractivity contribution is -0.143. The molecule has 1 aromatic rings. The highest BCUT2D eigenvalue weighted by Gasteiger charge is 2.17. The molecule has 0 aliphatic heterocycles. The van der Waals surface area contributed by atoms with Crippen molar-refractivity contribution >= 4 is 27.8 Å². The zero-order valence-electron chi connectivity index (χ0n) is 12.6. The maximum atomic E-state index is 12.5. The maximum Gasteiger partial charge on any atom is 0.307 e. The molecule has 0 bridgehead atoms. The minimum absolute atomic E-state index is 0.0472. The fourth-order valence-corrected chi connectivity index (χ4v) is 2.33. The second-order valence-corrected chi connectivity index (χ2v) is 5.63. The number of benzene rings is 1. The van der Waals surface area contributed by atoms with Crippen LogP contribution in [0.25, 0.3) is 0 Å². The van der Waals surface area contributed by atoms with Crippen LogP contribution in [0.1, 0.15) is 43.5 Å². The Bertz CT molecular complexity index is 476. The fraction of sp³-hybridized carbons (Fsp3) is 0.500. The van der Waals surface area contributed by atoms with Gasteiger partial charge in [0.2, 0.25) is 0 Å². The summed E-state index contributed by atoms with van der Waals surface area (Å²) < 4.78 is 5.79. The number of rotatable bonds is 8. The molecule has 0 aliphatic carbocycles. The number of amides is 1. The molecule has 0 radical (unpaired) electrons. The molecule has 0 fully saturated rings. The van der Waals surface area contributed by atoms with Crippen LogP contribution in [-0.4, -0.2) is 36.5 Å². The molecule has 0 N–H and O–H groups in total. The summed E-state index contributed by atoms with van der Waals surface area (Å²) in [6, 6.07) is 7.30. The highest BCUT2D eigenvalue weighted by molar-refractivity contribution is 9.10. The summed E-state index contributed by atoms with van der Waals surface area (Å²) in [6.07, 6.45) is 2.15. The number of carbonyl (C=O) groups excluding carboxylic acids is 2. The van der Waals surface area contributed by atoms with Crippen LogP contribution in [0, 0.1) is 0 Å². The van der Waals surface area contributed by atoms with Gasteiger partial charge in [0.15, 0.2) is 0 Å². The third-order valence-corrected chi connectivity index (χ3v) is 3.52. The maximum absolute atomic E-state index is 12.5. The summed E-state index contributed by atoms with van der Waals surface area (Å²) >= 11 is 3.37. The molecule has 1 aromatic carbocycles. The minimum Gasteiger partial charge on any atom is -0.466 e. The van der Waals surface area contributed by atoms with Crippen molar-refractivity contribution in [1.29, 1.82) is 0 Å². The van der Waals surface area contributed by atoms with Crippen LogP contribution >= 0.6 is 15.9 Å². The van der Waals surface area contributed by atoms with Crippen molar-refractivity contribution in [1.82, 2.24) is 4.90 Å². The summed E-state index contributed by atoms with van der Waals surface area (Å²) in [5, 5.41) is 0. The van der Waals surface area contributed by atoms with E-state index in [0.29, 0.717) is 25.3 Å². The van der Waals surface area contributed by atoms with Gasteiger partial charge in [-0.2, -0.15) is 0 Å². The van der Waals surface area contributed by atoms with Crippen molar-refractivity contribution in [2.24, 2.45) is 0 Å². The number of hydrogen-bond acceptors (Lipinski definition) is 3. The highest BCUT2D eigenvalue weighted by Crippen LogP contribution is 2.14.